The molecule has 0 unspecified atom stereocenters. The van der Waals surface area contributed by atoms with Gasteiger partial charge in [-0.3, -0.25) is 0 Å². The van der Waals surface area contributed by atoms with Gasteiger partial charge in [0.2, 0.25) is 0 Å². The zero-order valence-electron chi connectivity index (χ0n) is 17.2. The van der Waals surface area contributed by atoms with Crippen molar-refractivity contribution in [3.05, 3.63) is 141 Å². The maximum absolute atomic E-state index is 3.73. The Hall–Kier alpha value is -2.90. The van der Waals surface area contributed by atoms with E-state index in [0.29, 0.717) is 0 Å². The van der Waals surface area contributed by atoms with Crippen molar-refractivity contribution in [2.75, 3.05) is 0 Å². The lowest BCUT2D eigenvalue weighted by Gasteiger charge is -2.37. The molecule has 30 heavy (non-hydrogen) atoms. The van der Waals surface area contributed by atoms with Crippen molar-refractivity contribution in [2.24, 2.45) is 0 Å². The quantitative estimate of drug-likeness (QED) is 0.289. The summed E-state index contributed by atoms with van der Waals surface area (Å²) in [5, 5.41) is 0. The van der Waals surface area contributed by atoms with E-state index in [1.165, 1.54) is 44.5 Å². The molecule has 4 aromatic carbocycles. The molecule has 0 nitrogen and oxygen atoms in total. The van der Waals surface area contributed by atoms with E-state index in [2.05, 4.69) is 133 Å². The van der Waals surface area contributed by atoms with Crippen LogP contribution < -0.4 is 0 Å². The average Bonchev–Trinajstić information content (AvgIpc) is 2.78. The van der Waals surface area contributed by atoms with Gasteiger partial charge in [0.05, 0.1) is 0 Å². The molecule has 0 saturated carbocycles. The molecule has 0 N–H and O–H groups in total. The van der Waals surface area contributed by atoms with Crippen LogP contribution in [0, 0.1) is 0 Å². The first-order valence-electron chi connectivity index (χ1n) is 10.3. The summed E-state index contributed by atoms with van der Waals surface area (Å²) in [5.41, 5.74) is 10.3. The van der Waals surface area contributed by atoms with Crippen LogP contribution in [0.1, 0.15) is 47.2 Å². The van der Waals surface area contributed by atoms with Crippen LogP contribution in [0.15, 0.2) is 108 Å². The second-order valence-corrected chi connectivity index (χ2v) is 9.26. The number of halogens is 1. The van der Waals surface area contributed by atoms with E-state index in [0.717, 1.165) is 4.47 Å². The molecule has 4 aromatic rings. The van der Waals surface area contributed by atoms with E-state index in [4.69, 9.17) is 0 Å². The number of hydrogen-bond acceptors (Lipinski definition) is 0. The van der Waals surface area contributed by atoms with Gasteiger partial charge in [0, 0.05) is 9.89 Å². The van der Waals surface area contributed by atoms with Gasteiger partial charge >= 0.3 is 0 Å². The first-order chi connectivity index (χ1) is 14.6. The Morgan fingerprint density at radius 2 is 1.13 bits per heavy atom. The van der Waals surface area contributed by atoms with Crippen molar-refractivity contribution < 1.29 is 0 Å². The monoisotopic (exact) mass is 450 g/mol. The van der Waals surface area contributed by atoms with E-state index in [-0.39, 0.29) is 5.41 Å². The zero-order valence-corrected chi connectivity index (χ0v) is 18.8. The molecule has 0 aliphatic heterocycles. The molecule has 0 bridgehead atoms. The lowest BCUT2D eigenvalue weighted by molar-refractivity contribution is 0.630. The van der Waals surface area contributed by atoms with Crippen LogP contribution in [0.2, 0.25) is 0 Å². The van der Waals surface area contributed by atoms with Gasteiger partial charge in [-0.05, 0) is 56.7 Å². The number of benzene rings is 4. The van der Waals surface area contributed by atoms with Crippen LogP contribution in [0.5, 0.6) is 0 Å². The second kappa shape index (κ2) is 7.41. The predicted molar refractivity (Wildman–Crippen MR) is 131 cm³/mol. The highest BCUT2D eigenvalue weighted by Crippen LogP contribution is 2.50. The molecular weight excluding hydrogens is 428 g/mol. The summed E-state index contributed by atoms with van der Waals surface area (Å²) in [6.07, 6.45) is 0. The molecule has 0 spiro atoms. The molecule has 0 amide bonds. The largest absolute Gasteiger partial charge is 0.0622 e. The molecule has 146 valence electrons. The lowest BCUT2D eigenvalue weighted by Crippen LogP contribution is -2.27. The van der Waals surface area contributed by atoms with Gasteiger partial charge in [-0.25, -0.2) is 0 Å². The normalized spacial score (nSPS) is 14.0. The number of hydrogen-bond donors (Lipinski definition) is 0. The first-order valence-corrected chi connectivity index (χ1v) is 11.1. The summed E-state index contributed by atoms with van der Waals surface area (Å²) in [5.74, 6) is 0. The highest BCUT2D eigenvalue weighted by Gasteiger charge is 2.36. The summed E-state index contributed by atoms with van der Waals surface area (Å²) in [4.78, 5) is 0. The summed E-state index contributed by atoms with van der Waals surface area (Å²) in [6, 6.07) is 37.1. The Bertz CT molecular complexity index is 1210. The summed E-state index contributed by atoms with van der Waals surface area (Å²) in [6.45, 7) is 4.67. The molecule has 1 aliphatic carbocycles. The molecule has 0 atom stereocenters. The van der Waals surface area contributed by atoms with Crippen LogP contribution in [-0.2, 0) is 5.41 Å². The van der Waals surface area contributed by atoms with Crippen LogP contribution >= 0.6 is 15.9 Å². The van der Waals surface area contributed by atoms with Crippen LogP contribution in [0.25, 0.3) is 11.1 Å². The molecule has 1 heteroatoms. The van der Waals surface area contributed by atoms with E-state index in [1.807, 2.05) is 0 Å². The molecule has 0 saturated heterocycles. The topological polar surface area (TPSA) is 0 Å². The van der Waals surface area contributed by atoms with Gasteiger partial charge in [-0.2, -0.15) is 0 Å². The van der Waals surface area contributed by atoms with Crippen molar-refractivity contribution >= 4 is 27.1 Å². The van der Waals surface area contributed by atoms with Crippen molar-refractivity contribution in [1.29, 1.82) is 0 Å². The summed E-state index contributed by atoms with van der Waals surface area (Å²) in [7, 11) is 0. The van der Waals surface area contributed by atoms with E-state index >= 15 is 0 Å². The van der Waals surface area contributed by atoms with Crippen molar-refractivity contribution in [2.45, 2.75) is 19.3 Å². The van der Waals surface area contributed by atoms with Crippen molar-refractivity contribution in [1.82, 2.24) is 0 Å². The van der Waals surface area contributed by atoms with Crippen molar-refractivity contribution in [3.8, 4) is 0 Å². The second-order valence-electron chi connectivity index (χ2n) is 8.34. The average molecular weight is 451 g/mol. The van der Waals surface area contributed by atoms with E-state index < -0.39 is 0 Å². The Morgan fingerprint density at radius 3 is 1.77 bits per heavy atom. The van der Waals surface area contributed by atoms with Gasteiger partial charge < -0.3 is 0 Å². The summed E-state index contributed by atoms with van der Waals surface area (Å²) >= 11 is 3.73. The fraction of sp³-hybridized carbons (Fsp3) is 0.103. The van der Waals surface area contributed by atoms with Gasteiger partial charge in [-0.15, -0.1) is 0 Å². The van der Waals surface area contributed by atoms with E-state index in [1.54, 1.807) is 0 Å². The standard InChI is InChI=1S/C29H23Br/c1-29(2)25-16-10-9-15-23(25)28(24-19-22(30)17-18-26(24)29)27(20-11-5-3-6-12-20)21-13-7-4-8-14-21/h3-19H,1-2H3. The Morgan fingerprint density at radius 1 is 0.600 bits per heavy atom. The van der Waals surface area contributed by atoms with Crippen LogP contribution in [-0.4, -0.2) is 0 Å². The fourth-order valence-corrected chi connectivity index (χ4v) is 5.10. The Kier molecular flexibility index (Phi) is 4.72. The minimum atomic E-state index is -0.0609. The maximum Gasteiger partial charge on any atom is 0.0181 e. The summed E-state index contributed by atoms with van der Waals surface area (Å²) < 4.78 is 1.11. The Labute approximate surface area is 187 Å². The smallest absolute Gasteiger partial charge is 0.0181 e. The molecule has 0 radical (unpaired) electrons. The first kappa shape index (κ1) is 19.1. The minimum Gasteiger partial charge on any atom is -0.0622 e. The highest BCUT2D eigenvalue weighted by atomic mass is 79.9. The van der Waals surface area contributed by atoms with Crippen molar-refractivity contribution in [3.63, 3.8) is 0 Å². The zero-order chi connectivity index (χ0) is 20.7. The molecule has 0 fully saturated rings. The third-order valence-corrected chi connectivity index (χ3v) is 6.66. The molecule has 1 aliphatic rings. The maximum atomic E-state index is 3.73. The van der Waals surface area contributed by atoms with Gasteiger partial charge in [-0.1, -0.05) is 121 Å². The molecular formula is C29H23Br. The van der Waals surface area contributed by atoms with Gasteiger partial charge in [0.15, 0.2) is 0 Å². The predicted octanol–water partition coefficient (Wildman–Crippen LogP) is 8.10. The third-order valence-electron chi connectivity index (χ3n) is 6.17. The van der Waals surface area contributed by atoms with Crippen LogP contribution in [0.3, 0.4) is 0 Å². The van der Waals surface area contributed by atoms with Gasteiger partial charge in [0.25, 0.3) is 0 Å². The lowest BCUT2D eigenvalue weighted by atomic mass is 9.66. The fourth-order valence-electron chi connectivity index (χ4n) is 4.74. The SMILES string of the molecule is CC1(C)c2ccccc2C(=C(c2ccccc2)c2ccccc2)c2cc(Br)ccc21. The third kappa shape index (κ3) is 3.05. The van der Waals surface area contributed by atoms with Gasteiger partial charge in [0.1, 0.15) is 0 Å². The molecule has 5 rings (SSSR count). The minimum absolute atomic E-state index is 0.0609. The van der Waals surface area contributed by atoms with E-state index in [9.17, 15) is 0 Å². The molecule has 0 heterocycles. The Balaban J connectivity index is 1.98. The molecule has 0 aromatic heterocycles. The van der Waals surface area contributed by atoms with Crippen LogP contribution in [0.4, 0.5) is 0 Å². The number of fused-ring (bicyclic) bond motifs is 2. The number of rotatable bonds is 2. The highest BCUT2D eigenvalue weighted by molar-refractivity contribution is 9.10.